The molecule has 0 spiro atoms. The van der Waals surface area contributed by atoms with Crippen LogP contribution < -0.4 is 5.32 Å². The highest BCUT2D eigenvalue weighted by atomic mass is 19.1. The molecule has 2 aromatic rings. The Balaban J connectivity index is 2.08. The van der Waals surface area contributed by atoms with Crippen LogP contribution in [-0.4, -0.2) is 10.9 Å². The first kappa shape index (κ1) is 13.2. The van der Waals surface area contributed by atoms with Crippen molar-refractivity contribution in [2.75, 3.05) is 0 Å². The molecule has 1 unspecified atom stereocenters. The average Bonchev–Trinajstić information content (AvgIpc) is 2.39. The van der Waals surface area contributed by atoms with E-state index in [1.165, 1.54) is 12.1 Å². The zero-order valence-electron chi connectivity index (χ0n) is 10.9. The fraction of sp³-hybridized carbons (Fsp3) is 0.200. The molecule has 0 aliphatic heterocycles. The molecule has 1 aromatic carbocycles. The fourth-order valence-corrected chi connectivity index (χ4v) is 1.77. The summed E-state index contributed by atoms with van der Waals surface area (Å²) in [4.78, 5) is 16.2. The number of pyridine rings is 1. The Hall–Kier alpha value is -2.23. The third kappa shape index (κ3) is 3.37. The van der Waals surface area contributed by atoms with E-state index in [9.17, 15) is 9.18 Å². The number of aromatic nitrogens is 1. The van der Waals surface area contributed by atoms with Crippen LogP contribution in [0.3, 0.4) is 0 Å². The van der Waals surface area contributed by atoms with Crippen molar-refractivity contribution in [3.8, 4) is 0 Å². The van der Waals surface area contributed by atoms with Gasteiger partial charge in [0.05, 0.1) is 6.04 Å². The Bertz CT molecular complexity index is 581. The van der Waals surface area contributed by atoms with Gasteiger partial charge in [0, 0.05) is 5.69 Å². The quantitative estimate of drug-likeness (QED) is 0.919. The number of nitrogens with zero attached hydrogens (tertiary/aromatic N) is 1. The first-order chi connectivity index (χ1) is 9.06. The highest BCUT2D eigenvalue weighted by Crippen LogP contribution is 2.13. The van der Waals surface area contributed by atoms with Crippen molar-refractivity contribution in [3.05, 3.63) is 65.2 Å². The summed E-state index contributed by atoms with van der Waals surface area (Å²) in [5.74, 6) is -0.525. The van der Waals surface area contributed by atoms with Crippen molar-refractivity contribution in [1.82, 2.24) is 10.3 Å². The summed E-state index contributed by atoms with van der Waals surface area (Å²) in [5.41, 5.74) is 2.03. The molecule has 1 amide bonds. The number of amides is 1. The van der Waals surface area contributed by atoms with E-state index in [0.29, 0.717) is 5.69 Å². The van der Waals surface area contributed by atoms with Gasteiger partial charge in [0.15, 0.2) is 0 Å². The summed E-state index contributed by atoms with van der Waals surface area (Å²) < 4.78 is 12.8. The van der Waals surface area contributed by atoms with E-state index in [1.54, 1.807) is 24.3 Å². The molecule has 3 nitrogen and oxygen atoms in total. The Morgan fingerprint density at radius 2 is 1.89 bits per heavy atom. The van der Waals surface area contributed by atoms with E-state index in [4.69, 9.17) is 0 Å². The summed E-state index contributed by atoms with van der Waals surface area (Å²) in [6.07, 6.45) is 0. The van der Waals surface area contributed by atoms with Gasteiger partial charge < -0.3 is 5.32 Å². The monoisotopic (exact) mass is 258 g/mol. The van der Waals surface area contributed by atoms with E-state index < -0.39 is 0 Å². The van der Waals surface area contributed by atoms with Gasteiger partial charge in [0.1, 0.15) is 11.5 Å². The van der Waals surface area contributed by atoms with Crippen molar-refractivity contribution in [3.63, 3.8) is 0 Å². The van der Waals surface area contributed by atoms with E-state index in [0.717, 1.165) is 11.3 Å². The topological polar surface area (TPSA) is 42.0 Å². The van der Waals surface area contributed by atoms with Gasteiger partial charge in [-0.2, -0.15) is 0 Å². The minimum atomic E-state index is -0.289. The minimum absolute atomic E-state index is 0.199. The second-order valence-corrected chi connectivity index (χ2v) is 4.41. The van der Waals surface area contributed by atoms with Gasteiger partial charge in [-0.15, -0.1) is 0 Å². The number of aryl methyl sites for hydroxylation is 1. The van der Waals surface area contributed by atoms with Gasteiger partial charge in [-0.1, -0.05) is 18.2 Å². The number of carbonyl (C=O) groups is 1. The predicted molar refractivity (Wildman–Crippen MR) is 71.3 cm³/mol. The molecular formula is C15H15FN2O. The van der Waals surface area contributed by atoms with Crippen LogP contribution in [0.2, 0.25) is 0 Å². The smallest absolute Gasteiger partial charge is 0.270 e. The van der Waals surface area contributed by atoms with Crippen LogP contribution in [0.5, 0.6) is 0 Å². The standard InChI is InChI=1S/C15H15FN2O/c1-10-4-3-5-14(17-10)15(19)18-11(2)12-6-8-13(16)9-7-12/h3-9,11H,1-2H3,(H,18,19). The van der Waals surface area contributed by atoms with Gasteiger partial charge in [-0.3, -0.25) is 4.79 Å². The molecule has 0 aliphatic rings. The molecule has 1 N–H and O–H groups in total. The second kappa shape index (κ2) is 5.61. The molecule has 1 heterocycles. The maximum Gasteiger partial charge on any atom is 0.270 e. The highest BCUT2D eigenvalue weighted by Gasteiger charge is 2.12. The summed E-state index contributed by atoms with van der Waals surface area (Å²) in [6.45, 7) is 3.68. The molecular weight excluding hydrogens is 243 g/mol. The SMILES string of the molecule is Cc1cccc(C(=O)NC(C)c2ccc(F)cc2)n1. The lowest BCUT2D eigenvalue weighted by Gasteiger charge is -2.14. The molecule has 19 heavy (non-hydrogen) atoms. The second-order valence-electron chi connectivity index (χ2n) is 4.41. The first-order valence-corrected chi connectivity index (χ1v) is 6.06. The molecule has 0 fully saturated rings. The molecule has 0 aliphatic carbocycles. The molecule has 98 valence electrons. The van der Waals surface area contributed by atoms with Crippen molar-refractivity contribution < 1.29 is 9.18 Å². The number of hydrogen-bond donors (Lipinski definition) is 1. The van der Waals surface area contributed by atoms with Crippen molar-refractivity contribution in [1.29, 1.82) is 0 Å². The van der Waals surface area contributed by atoms with Crippen LogP contribution in [0.4, 0.5) is 4.39 Å². The number of halogens is 1. The molecule has 4 heteroatoms. The Labute approximate surface area is 111 Å². The molecule has 1 aromatic heterocycles. The van der Waals surface area contributed by atoms with E-state index in [-0.39, 0.29) is 17.8 Å². The van der Waals surface area contributed by atoms with Crippen LogP contribution in [0, 0.1) is 12.7 Å². The van der Waals surface area contributed by atoms with Gasteiger partial charge in [0.2, 0.25) is 0 Å². The average molecular weight is 258 g/mol. The molecule has 0 saturated carbocycles. The fourth-order valence-electron chi connectivity index (χ4n) is 1.77. The number of carbonyl (C=O) groups excluding carboxylic acids is 1. The number of hydrogen-bond acceptors (Lipinski definition) is 2. The van der Waals surface area contributed by atoms with Crippen molar-refractivity contribution in [2.24, 2.45) is 0 Å². The van der Waals surface area contributed by atoms with Gasteiger partial charge in [-0.05, 0) is 43.7 Å². The lowest BCUT2D eigenvalue weighted by molar-refractivity contribution is 0.0934. The van der Waals surface area contributed by atoms with Crippen LogP contribution in [-0.2, 0) is 0 Å². The summed E-state index contributed by atoms with van der Waals surface area (Å²) in [5, 5.41) is 2.84. The molecule has 0 saturated heterocycles. The van der Waals surface area contributed by atoms with Gasteiger partial charge in [-0.25, -0.2) is 9.37 Å². The Morgan fingerprint density at radius 3 is 2.53 bits per heavy atom. The number of rotatable bonds is 3. The maximum atomic E-state index is 12.8. The van der Waals surface area contributed by atoms with Crippen LogP contribution in [0.15, 0.2) is 42.5 Å². The van der Waals surface area contributed by atoms with Crippen LogP contribution in [0.25, 0.3) is 0 Å². The zero-order valence-corrected chi connectivity index (χ0v) is 10.9. The largest absolute Gasteiger partial charge is 0.344 e. The normalized spacial score (nSPS) is 11.9. The van der Waals surface area contributed by atoms with E-state index >= 15 is 0 Å². The Morgan fingerprint density at radius 1 is 1.21 bits per heavy atom. The predicted octanol–water partition coefficient (Wildman–Crippen LogP) is 3.02. The van der Waals surface area contributed by atoms with Crippen molar-refractivity contribution >= 4 is 5.91 Å². The van der Waals surface area contributed by atoms with Gasteiger partial charge in [0.25, 0.3) is 5.91 Å². The third-order valence-corrected chi connectivity index (χ3v) is 2.84. The zero-order chi connectivity index (χ0) is 13.8. The maximum absolute atomic E-state index is 12.8. The lowest BCUT2D eigenvalue weighted by Crippen LogP contribution is -2.27. The van der Waals surface area contributed by atoms with E-state index in [2.05, 4.69) is 10.3 Å². The lowest BCUT2D eigenvalue weighted by atomic mass is 10.1. The molecule has 2 rings (SSSR count). The van der Waals surface area contributed by atoms with Crippen LogP contribution in [0.1, 0.15) is 34.7 Å². The van der Waals surface area contributed by atoms with Gasteiger partial charge >= 0.3 is 0 Å². The number of nitrogens with one attached hydrogen (secondary N) is 1. The van der Waals surface area contributed by atoms with Crippen molar-refractivity contribution in [2.45, 2.75) is 19.9 Å². The Kier molecular flexibility index (Phi) is 3.90. The highest BCUT2D eigenvalue weighted by molar-refractivity contribution is 5.92. The van der Waals surface area contributed by atoms with E-state index in [1.807, 2.05) is 19.9 Å². The summed E-state index contributed by atoms with van der Waals surface area (Å²) >= 11 is 0. The first-order valence-electron chi connectivity index (χ1n) is 6.06. The molecule has 0 radical (unpaired) electrons. The van der Waals surface area contributed by atoms with Crippen LogP contribution >= 0.6 is 0 Å². The number of benzene rings is 1. The molecule has 0 bridgehead atoms. The summed E-state index contributed by atoms with van der Waals surface area (Å²) in [6, 6.07) is 11.2. The third-order valence-electron chi connectivity index (χ3n) is 2.84. The minimum Gasteiger partial charge on any atom is -0.344 e. The molecule has 1 atom stereocenters. The summed E-state index contributed by atoms with van der Waals surface area (Å²) in [7, 11) is 0.